The van der Waals surface area contributed by atoms with Crippen molar-refractivity contribution >= 4 is 23.4 Å². The maximum atomic E-state index is 13.8. The SMILES string of the molecule is Cc1ccc(F)cc1NC(=O)CN1CC[C@H]2NC(=O)[C@@H](Cc3ccccc3)NC(=O)C3(C/C=C/C[C@H]2C1)CCOCC3. The summed E-state index contributed by atoms with van der Waals surface area (Å²) in [6.45, 7) is 4.34. The van der Waals surface area contributed by atoms with Crippen LogP contribution in [0.5, 0.6) is 0 Å². The molecule has 42 heavy (non-hydrogen) atoms. The highest BCUT2D eigenvalue weighted by molar-refractivity contribution is 5.93. The van der Waals surface area contributed by atoms with Gasteiger partial charge in [-0.2, -0.15) is 0 Å². The molecule has 0 unspecified atom stereocenters. The highest BCUT2D eigenvalue weighted by Crippen LogP contribution is 2.36. The van der Waals surface area contributed by atoms with Gasteiger partial charge in [-0.15, -0.1) is 0 Å². The first-order valence-electron chi connectivity index (χ1n) is 15.0. The number of carbonyl (C=O) groups excluding carboxylic acids is 3. The van der Waals surface area contributed by atoms with E-state index in [-0.39, 0.29) is 36.2 Å². The van der Waals surface area contributed by atoms with Crippen LogP contribution >= 0.6 is 0 Å². The molecule has 0 bridgehead atoms. The van der Waals surface area contributed by atoms with Crippen LogP contribution in [0, 0.1) is 24.1 Å². The highest BCUT2D eigenvalue weighted by Gasteiger charge is 2.41. The largest absolute Gasteiger partial charge is 0.381 e. The number of aryl methyl sites for hydroxylation is 1. The van der Waals surface area contributed by atoms with E-state index in [1.165, 1.54) is 12.1 Å². The number of hydrogen-bond acceptors (Lipinski definition) is 5. The van der Waals surface area contributed by atoms with Gasteiger partial charge in [-0.1, -0.05) is 48.6 Å². The second-order valence-electron chi connectivity index (χ2n) is 11.9. The van der Waals surface area contributed by atoms with Crippen molar-refractivity contribution in [3.05, 3.63) is 77.6 Å². The number of nitrogens with one attached hydrogen (secondary N) is 3. The number of likely N-dealkylation sites (tertiary alicyclic amines) is 1. The molecule has 3 amide bonds. The summed E-state index contributed by atoms with van der Waals surface area (Å²) < 4.78 is 19.3. The van der Waals surface area contributed by atoms with Crippen LogP contribution in [0.1, 0.15) is 43.2 Å². The highest BCUT2D eigenvalue weighted by atomic mass is 19.1. The first-order valence-corrected chi connectivity index (χ1v) is 15.0. The average molecular weight is 577 g/mol. The van der Waals surface area contributed by atoms with Crippen molar-refractivity contribution in [1.29, 1.82) is 0 Å². The van der Waals surface area contributed by atoms with E-state index in [2.05, 4.69) is 33.0 Å². The van der Waals surface area contributed by atoms with Crippen LogP contribution in [-0.4, -0.2) is 67.6 Å². The fourth-order valence-electron chi connectivity index (χ4n) is 6.32. The number of benzene rings is 2. The lowest BCUT2D eigenvalue weighted by Crippen LogP contribution is -2.58. The van der Waals surface area contributed by atoms with Crippen molar-refractivity contribution in [1.82, 2.24) is 15.5 Å². The van der Waals surface area contributed by atoms with Gasteiger partial charge in [0.25, 0.3) is 0 Å². The van der Waals surface area contributed by atoms with Crippen LogP contribution in [0.15, 0.2) is 60.7 Å². The van der Waals surface area contributed by atoms with E-state index < -0.39 is 17.3 Å². The standard InChI is InChI=1S/C33H41FN4O4/c1-23-10-11-26(34)20-28(23)35-30(39)22-38-16-12-27-25(21-38)9-5-6-13-33(14-17-42-18-15-33)32(41)37-29(31(40)36-27)19-24-7-3-2-4-8-24/h2-8,10-11,20,25,27,29H,9,12-19,21-22H2,1H3,(H,35,39)(H,36,40)(H,37,41)/b6-5+/t25-,27+,29+/m0/s1. The number of piperidine rings is 1. The number of ether oxygens (including phenoxy) is 1. The van der Waals surface area contributed by atoms with Crippen molar-refractivity contribution in [2.75, 3.05) is 38.2 Å². The van der Waals surface area contributed by atoms with Crippen molar-refractivity contribution in [2.45, 2.75) is 57.5 Å². The summed E-state index contributed by atoms with van der Waals surface area (Å²) in [6.07, 6.45) is 7.87. The van der Waals surface area contributed by atoms with Crippen molar-refractivity contribution in [2.24, 2.45) is 11.3 Å². The van der Waals surface area contributed by atoms with E-state index in [0.29, 0.717) is 64.1 Å². The minimum atomic E-state index is -0.693. The van der Waals surface area contributed by atoms with Crippen LogP contribution in [0.4, 0.5) is 10.1 Å². The molecule has 224 valence electrons. The van der Waals surface area contributed by atoms with E-state index in [9.17, 15) is 18.8 Å². The Bertz CT molecular complexity index is 1290. The summed E-state index contributed by atoms with van der Waals surface area (Å²) >= 11 is 0. The smallest absolute Gasteiger partial charge is 0.243 e. The minimum absolute atomic E-state index is 0.0847. The monoisotopic (exact) mass is 576 g/mol. The third-order valence-corrected chi connectivity index (χ3v) is 8.94. The Balaban J connectivity index is 1.31. The predicted octanol–water partition coefficient (Wildman–Crippen LogP) is 3.75. The Morgan fingerprint density at radius 3 is 2.67 bits per heavy atom. The van der Waals surface area contributed by atoms with Crippen molar-refractivity contribution < 1.29 is 23.5 Å². The molecule has 0 aliphatic carbocycles. The molecule has 2 saturated heterocycles. The maximum absolute atomic E-state index is 13.8. The molecule has 5 rings (SSSR count). The average Bonchev–Trinajstić information content (AvgIpc) is 2.98. The van der Waals surface area contributed by atoms with Gasteiger partial charge in [0.1, 0.15) is 11.9 Å². The second-order valence-corrected chi connectivity index (χ2v) is 11.9. The summed E-state index contributed by atoms with van der Waals surface area (Å²) in [5, 5.41) is 9.24. The molecule has 3 heterocycles. The maximum Gasteiger partial charge on any atom is 0.243 e. The molecule has 1 spiro atoms. The van der Waals surface area contributed by atoms with Gasteiger partial charge in [-0.3, -0.25) is 19.3 Å². The Hall–Kier alpha value is -3.56. The lowest BCUT2D eigenvalue weighted by Gasteiger charge is -2.40. The quantitative estimate of drug-likeness (QED) is 0.471. The predicted molar refractivity (Wildman–Crippen MR) is 159 cm³/mol. The fourth-order valence-corrected chi connectivity index (χ4v) is 6.32. The lowest BCUT2D eigenvalue weighted by atomic mass is 9.75. The van der Waals surface area contributed by atoms with Gasteiger partial charge in [0.15, 0.2) is 0 Å². The number of rotatable bonds is 5. The van der Waals surface area contributed by atoms with E-state index in [1.807, 2.05) is 37.3 Å². The molecule has 9 heteroatoms. The minimum Gasteiger partial charge on any atom is -0.381 e. The van der Waals surface area contributed by atoms with Crippen molar-refractivity contribution in [3.63, 3.8) is 0 Å². The van der Waals surface area contributed by atoms with Gasteiger partial charge in [-0.05, 0) is 68.2 Å². The summed E-state index contributed by atoms with van der Waals surface area (Å²) in [5.74, 6) is -0.751. The first-order chi connectivity index (χ1) is 20.3. The Morgan fingerprint density at radius 1 is 1.10 bits per heavy atom. The zero-order valence-electron chi connectivity index (χ0n) is 24.2. The summed E-state index contributed by atoms with van der Waals surface area (Å²) in [6, 6.07) is 13.3. The number of anilines is 1. The summed E-state index contributed by atoms with van der Waals surface area (Å²) in [7, 11) is 0. The van der Waals surface area contributed by atoms with Crippen LogP contribution in [0.25, 0.3) is 0 Å². The number of fused-ring (bicyclic) bond motifs is 1. The molecular formula is C33H41FN4O4. The molecule has 8 nitrogen and oxygen atoms in total. The molecule has 3 N–H and O–H groups in total. The molecule has 0 saturated carbocycles. The number of nitrogens with zero attached hydrogens (tertiary/aromatic N) is 1. The Labute approximate surface area is 247 Å². The first kappa shape index (κ1) is 29.9. The Kier molecular flexibility index (Phi) is 9.69. The van der Waals surface area contributed by atoms with Crippen LogP contribution in [-0.2, 0) is 25.5 Å². The van der Waals surface area contributed by atoms with Crippen LogP contribution < -0.4 is 16.0 Å². The normalized spacial score (nSPS) is 25.7. The van der Waals surface area contributed by atoms with Gasteiger partial charge in [0, 0.05) is 44.5 Å². The zero-order chi connectivity index (χ0) is 29.5. The van der Waals surface area contributed by atoms with E-state index >= 15 is 0 Å². The third-order valence-electron chi connectivity index (χ3n) is 8.94. The lowest BCUT2D eigenvalue weighted by molar-refractivity contribution is -0.140. The second kappa shape index (κ2) is 13.6. The van der Waals surface area contributed by atoms with Gasteiger partial charge in [0.05, 0.1) is 12.0 Å². The number of halogens is 1. The van der Waals surface area contributed by atoms with Gasteiger partial charge in [-0.25, -0.2) is 4.39 Å². The fraction of sp³-hybridized carbons (Fsp3) is 0.485. The number of carbonyl (C=O) groups is 3. The molecule has 0 radical (unpaired) electrons. The topological polar surface area (TPSA) is 99.8 Å². The molecule has 2 aromatic carbocycles. The van der Waals surface area contributed by atoms with E-state index in [0.717, 1.165) is 17.5 Å². The van der Waals surface area contributed by atoms with E-state index in [4.69, 9.17) is 4.74 Å². The van der Waals surface area contributed by atoms with Gasteiger partial charge >= 0.3 is 0 Å². The number of hydrogen-bond donors (Lipinski definition) is 3. The summed E-state index contributed by atoms with van der Waals surface area (Å²) in [5.41, 5.74) is 1.66. The molecule has 3 aliphatic rings. The molecule has 3 aliphatic heterocycles. The zero-order valence-corrected chi connectivity index (χ0v) is 24.2. The number of allylic oxidation sites excluding steroid dienone is 2. The number of amides is 3. The van der Waals surface area contributed by atoms with Crippen LogP contribution in [0.2, 0.25) is 0 Å². The Morgan fingerprint density at radius 2 is 1.88 bits per heavy atom. The molecule has 3 atom stereocenters. The van der Waals surface area contributed by atoms with Crippen molar-refractivity contribution in [3.8, 4) is 0 Å². The third kappa shape index (κ3) is 7.44. The molecular weight excluding hydrogens is 535 g/mol. The van der Waals surface area contributed by atoms with Gasteiger partial charge in [0.2, 0.25) is 17.7 Å². The van der Waals surface area contributed by atoms with Crippen LogP contribution in [0.3, 0.4) is 0 Å². The summed E-state index contributed by atoms with van der Waals surface area (Å²) in [4.78, 5) is 42.4. The molecule has 2 fully saturated rings. The van der Waals surface area contributed by atoms with E-state index in [1.54, 1.807) is 6.07 Å². The van der Waals surface area contributed by atoms with Gasteiger partial charge < -0.3 is 20.7 Å². The molecule has 0 aromatic heterocycles. The molecule has 2 aromatic rings.